The summed E-state index contributed by atoms with van der Waals surface area (Å²) in [6, 6.07) is 7.62. The maximum Gasteiger partial charge on any atom is 0.321 e. The zero-order valence-corrected chi connectivity index (χ0v) is 11.0. The summed E-state index contributed by atoms with van der Waals surface area (Å²) >= 11 is 0. The van der Waals surface area contributed by atoms with Crippen molar-refractivity contribution in [1.29, 1.82) is 0 Å². The molecule has 4 heteroatoms. The molecule has 0 saturated carbocycles. The van der Waals surface area contributed by atoms with Gasteiger partial charge in [0.15, 0.2) is 0 Å². The second-order valence-corrected chi connectivity index (χ2v) is 5.48. The minimum Gasteiger partial charge on any atom is -0.480 e. The van der Waals surface area contributed by atoms with E-state index in [1.165, 1.54) is 0 Å². The molecule has 1 saturated heterocycles. The summed E-state index contributed by atoms with van der Waals surface area (Å²) in [5, 5.41) is 10.5. The number of likely N-dealkylation sites (tertiary alicyclic amines) is 1. The topological polar surface area (TPSA) is 56.3 Å². The van der Waals surface area contributed by atoms with Crippen molar-refractivity contribution in [1.82, 2.24) is 9.88 Å². The Morgan fingerprint density at radius 3 is 2.89 bits per heavy atom. The minimum atomic E-state index is -0.725. The molecule has 2 N–H and O–H groups in total. The van der Waals surface area contributed by atoms with Crippen molar-refractivity contribution in [2.45, 2.75) is 19.4 Å². The monoisotopic (exact) mass is 258 g/mol. The number of nitrogens with zero attached hydrogens (tertiary/aromatic N) is 1. The van der Waals surface area contributed by atoms with Crippen molar-refractivity contribution >= 4 is 16.9 Å². The number of carboxylic acids is 1. The van der Waals surface area contributed by atoms with Gasteiger partial charge in [-0.25, -0.2) is 0 Å². The van der Waals surface area contributed by atoms with Crippen LogP contribution in [0.5, 0.6) is 0 Å². The molecule has 1 aromatic heterocycles. The highest BCUT2D eigenvalue weighted by Gasteiger charge is 2.34. The number of hydrogen-bond acceptors (Lipinski definition) is 2. The molecule has 2 heterocycles. The second kappa shape index (κ2) is 4.70. The van der Waals surface area contributed by atoms with Crippen LogP contribution in [-0.2, 0) is 11.2 Å². The molecule has 1 aliphatic heterocycles. The Morgan fingerprint density at radius 1 is 1.47 bits per heavy atom. The number of carboxylic acid groups (broad SMARTS) is 1. The molecule has 0 aliphatic carbocycles. The number of fused-ring (bicyclic) bond motifs is 1. The van der Waals surface area contributed by atoms with Crippen molar-refractivity contribution in [2.24, 2.45) is 5.92 Å². The first-order valence-corrected chi connectivity index (χ1v) is 6.67. The summed E-state index contributed by atoms with van der Waals surface area (Å²) in [4.78, 5) is 16.7. The van der Waals surface area contributed by atoms with Gasteiger partial charge in [-0.2, -0.15) is 0 Å². The Morgan fingerprint density at radius 2 is 2.21 bits per heavy atom. The number of hydrogen-bond donors (Lipinski definition) is 2. The predicted octanol–water partition coefficient (Wildman–Crippen LogP) is 2.12. The summed E-state index contributed by atoms with van der Waals surface area (Å²) in [5.74, 6) is -0.109. The maximum absolute atomic E-state index is 11.5. The van der Waals surface area contributed by atoms with Gasteiger partial charge < -0.3 is 10.1 Å². The number of H-pyrrole nitrogens is 1. The Labute approximate surface area is 112 Å². The first kappa shape index (κ1) is 12.2. The molecule has 3 rings (SSSR count). The largest absolute Gasteiger partial charge is 0.480 e. The standard InChI is InChI=1S/C15H18N2O2/c1-10-8-17(9-10)14(15(18)19)6-11-7-16-13-5-3-2-4-12(11)13/h2-5,7,10,14,16H,6,8-9H2,1H3,(H,18,19). The number of aromatic nitrogens is 1. The van der Waals surface area contributed by atoms with E-state index < -0.39 is 12.0 Å². The SMILES string of the molecule is CC1CN(C(Cc2c[nH]c3ccccc23)C(=O)O)C1. The van der Waals surface area contributed by atoms with Crippen LogP contribution in [0.15, 0.2) is 30.5 Å². The number of benzene rings is 1. The maximum atomic E-state index is 11.5. The minimum absolute atomic E-state index is 0.407. The molecule has 2 aromatic rings. The molecule has 100 valence electrons. The highest BCUT2D eigenvalue weighted by atomic mass is 16.4. The van der Waals surface area contributed by atoms with E-state index in [0.29, 0.717) is 12.3 Å². The zero-order valence-electron chi connectivity index (χ0n) is 11.0. The zero-order chi connectivity index (χ0) is 13.4. The van der Waals surface area contributed by atoms with Gasteiger partial charge in [0.25, 0.3) is 0 Å². The van der Waals surface area contributed by atoms with E-state index >= 15 is 0 Å². The molecule has 4 nitrogen and oxygen atoms in total. The van der Waals surface area contributed by atoms with E-state index in [0.717, 1.165) is 29.6 Å². The highest BCUT2D eigenvalue weighted by molar-refractivity contribution is 5.84. The molecular weight excluding hydrogens is 240 g/mol. The molecule has 1 aromatic carbocycles. The number of aliphatic carboxylic acids is 1. The number of carbonyl (C=O) groups is 1. The third kappa shape index (κ3) is 2.24. The van der Waals surface area contributed by atoms with Crippen molar-refractivity contribution in [2.75, 3.05) is 13.1 Å². The first-order valence-electron chi connectivity index (χ1n) is 6.67. The molecule has 0 radical (unpaired) electrons. The average molecular weight is 258 g/mol. The predicted molar refractivity (Wildman–Crippen MR) is 74.2 cm³/mol. The smallest absolute Gasteiger partial charge is 0.321 e. The fourth-order valence-electron chi connectivity index (χ4n) is 2.88. The fraction of sp³-hybridized carbons (Fsp3) is 0.400. The van der Waals surface area contributed by atoms with Gasteiger partial charge in [-0.1, -0.05) is 25.1 Å². The van der Waals surface area contributed by atoms with Gasteiger partial charge >= 0.3 is 5.97 Å². The van der Waals surface area contributed by atoms with Gasteiger partial charge in [0, 0.05) is 36.6 Å². The highest BCUT2D eigenvalue weighted by Crippen LogP contribution is 2.24. The number of aromatic amines is 1. The molecule has 0 spiro atoms. The molecule has 19 heavy (non-hydrogen) atoms. The van der Waals surface area contributed by atoms with Crippen LogP contribution in [0.4, 0.5) is 0 Å². The van der Waals surface area contributed by atoms with Gasteiger partial charge in [0.2, 0.25) is 0 Å². The van der Waals surface area contributed by atoms with Crippen LogP contribution in [0.25, 0.3) is 10.9 Å². The van der Waals surface area contributed by atoms with E-state index in [9.17, 15) is 9.90 Å². The van der Waals surface area contributed by atoms with E-state index in [-0.39, 0.29) is 0 Å². The molecule has 0 bridgehead atoms. The van der Waals surface area contributed by atoms with Gasteiger partial charge in [-0.05, 0) is 17.5 Å². The van der Waals surface area contributed by atoms with Crippen LogP contribution in [0.3, 0.4) is 0 Å². The molecule has 1 aliphatic rings. The lowest BCUT2D eigenvalue weighted by Crippen LogP contribution is -2.54. The van der Waals surface area contributed by atoms with Crippen molar-refractivity contribution in [3.8, 4) is 0 Å². The summed E-state index contributed by atoms with van der Waals surface area (Å²) in [6.07, 6.45) is 2.50. The van der Waals surface area contributed by atoms with Crippen LogP contribution >= 0.6 is 0 Å². The Bertz CT molecular complexity index is 599. The van der Waals surface area contributed by atoms with Crippen molar-refractivity contribution in [3.63, 3.8) is 0 Å². The van der Waals surface area contributed by atoms with Crippen LogP contribution in [0.2, 0.25) is 0 Å². The van der Waals surface area contributed by atoms with Gasteiger partial charge in [-0.15, -0.1) is 0 Å². The van der Waals surface area contributed by atoms with Crippen molar-refractivity contribution < 1.29 is 9.90 Å². The number of nitrogens with one attached hydrogen (secondary N) is 1. The van der Waals surface area contributed by atoms with E-state index in [1.54, 1.807) is 0 Å². The van der Waals surface area contributed by atoms with E-state index in [2.05, 4.69) is 16.8 Å². The van der Waals surface area contributed by atoms with Gasteiger partial charge in [0.1, 0.15) is 6.04 Å². The normalized spacial score (nSPS) is 18.4. The summed E-state index contributed by atoms with van der Waals surface area (Å²) in [5.41, 5.74) is 2.15. The van der Waals surface area contributed by atoms with Crippen LogP contribution in [0, 0.1) is 5.92 Å². The lowest BCUT2D eigenvalue weighted by molar-refractivity contribution is -0.146. The average Bonchev–Trinajstić information content (AvgIpc) is 2.75. The van der Waals surface area contributed by atoms with Gasteiger partial charge in [-0.3, -0.25) is 9.69 Å². The van der Waals surface area contributed by atoms with Crippen LogP contribution in [-0.4, -0.2) is 40.1 Å². The summed E-state index contributed by atoms with van der Waals surface area (Å²) in [7, 11) is 0. The van der Waals surface area contributed by atoms with E-state index in [4.69, 9.17) is 0 Å². The number of para-hydroxylation sites is 1. The van der Waals surface area contributed by atoms with Crippen LogP contribution < -0.4 is 0 Å². The Balaban J connectivity index is 1.83. The summed E-state index contributed by atoms with van der Waals surface area (Å²) in [6.45, 7) is 3.93. The lowest BCUT2D eigenvalue weighted by atomic mass is 9.96. The molecule has 0 amide bonds. The Kier molecular flexibility index (Phi) is 3.03. The summed E-state index contributed by atoms with van der Waals surface area (Å²) < 4.78 is 0. The lowest BCUT2D eigenvalue weighted by Gasteiger charge is -2.41. The second-order valence-electron chi connectivity index (χ2n) is 5.48. The molecule has 1 fully saturated rings. The first-order chi connectivity index (χ1) is 9.15. The third-order valence-corrected chi connectivity index (χ3v) is 3.91. The van der Waals surface area contributed by atoms with Crippen molar-refractivity contribution in [3.05, 3.63) is 36.0 Å². The fourth-order valence-corrected chi connectivity index (χ4v) is 2.88. The molecule has 1 unspecified atom stereocenters. The van der Waals surface area contributed by atoms with Crippen LogP contribution in [0.1, 0.15) is 12.5 Å². The van der Waals surface area contributed by atoms with Gasteiger partial charge in [0.05, 0.1) is 0 Å². The number of rotatable bonds is 4. The molecular formula is C15H18N2O2. The molecule has 1 atom stereocenters. The quantitative estimate of drug-likeness (QED) is 0.883. The third-order valence-electron chi connectivity index (χ3n) is 3.91. The Hall–Kier alpha value is -1.81. The van der Waals surface area contributed by atoms with E-state index in [1.807, 2.05) is 30.5 Å².